The van der Waals surface area contributed by atoms with E-state index in [1.807, 2.05) is 0 Å². The maximum atomic E-state index is 12.1. The molecule has 0 radical (unpaired) electrons. The highest BCUT2D eigenvalue weighted by molar-refractivity contribution is 5.72. The van der Waals surface area contributed by atoms with E-state index in [2.05, 4.69) is 15.3 Å². The van der Waals surface area contributed by atoms with Crippen LogP contribution in [0.4, 0.5) is 5.95 Å². The molecule has 0 aromatic carbocycles. The first-order chi connectivity index (χ1) is 9.97. The van der Waals surface area contributed by atoms with E-state index in [1.54, 1.807) is 7.05 Å². The SMILES string of the molecule is Cn1c(=O)c2[nH]c(NC3CCC(N)CC3)nc2n(C)c1=O. The van der Waals surface area contributed by atoms with Crippen molar-refractivity contribution < 1.29 is 0 Å². The van der Waals surface area contributed by atoms with E-state index in [0.717, 1.165) is 30.3 Å². The Balaban J connectivity index is 1.95. The molecular formula is C13H20N6O2. The lowest BCUT2D eigenvalue weighted by Gasteiger charge is -2.26. The summed E-state index contributed by atoms with van der Waals surface area (Å²) < 4.78 is 2.44. The molecule has 2 aromatic heterocycles. The Kier molecular flexibility index (Phi) is 3.32. The van der Waals surface area contributed by atoms with Gasteiger partial charge in [0.1, 0.15) is 0 Å². The van der Waals surface area contributed by atoms with Gasteiger partial charge in [0.2, 0.25) is 5.95 Å². The predicted molar refractivity (Wildman–Crippen MR) is 80.4 cm³/mol. The molecule has 0 saturated heterocycles. The lowest BCUT2D eigenvalue weighted by Crippen LogP contribution is -2.36. The predicted octanol–water partition coefficient (Wildman–Crippen LogP) is -0.358. The van der Waals surface area contributed by atoms with Gasteiger partial charge in [-0.15, -0.1) is 0 Å². The zero-order chi connectivity index (χ0) is 15.1. The van der Waals surface area contributed by atoms with Gasteiger partial charge in [-0.2, -0.15) is 4.98 Å². The second-order valence-corrected chi connectivity index (χ2v) is 5.75. The Morgan fingerprint density at radius 3 is 2.52 bits per heavy atom. The fourth-order valence-corrected chi connectivity index (χ4v) is 2.85. The number of H-pyrrole nitrogens is 1. The Labute approximate surface area is 121 Å². The molecule has 0 bridgehead atoms. The number of nitrogens with one attached hydrogen (secondary N) is 2. The summed E-state index contributed by atoms with van der Waals surface area (Å²) in [5.74, 6) is 0.531. The summed E-state index contributed by atoms with van der Waals surface area (Å²) in [4.78, 5) is 31.3. The van der Waals surface area contributed by atoms with Crippen LogP contribution in [0, 0.1) is 0 Å². The first-order valence-electron chi connectivity index (χ1n) is 7.15. The monoisotopic (exact) mass is 292 g/mol. The van der Waals surface area contributed by atoms with Crippen molar-refractivity contribution in [1.82, 2.24) is 19.1 Å². The summed E-state index contributed by atoms with van der Waals surface area (Å²) >= 11 is 0. The van der Waals surface area contributed by atoms with Gasteiger partial charge in [-0.25, -0.2) is 4.79 Å². The van der Waals surface area contributed by atoms with Crippen LogP contribution < -0.4 is 22.3 Å². The maximum absolute atomic E-state index is 12.1. The van der Waals surface area contributed by atoms with E-state index in [0.29, 0.717) is 23.2 Å². The van der Waals surface area contributed by atoms with E-state index in [-0.39, 0.29) is 17.3 Å². The van der Waals surface area contributed by atoms with Crippen LogP contribution in [0.1, 0.15) is 25.7 Å². The van der Waals surface area contributed by atoms with Gasteiger partial charge in [-0.1, -0.05) is 0 Å². The lowest BCUT2D eigenvalue weighted by atomic mass is 9.92. The molecular weight excluding hydrogens is 272 g/mol. The van der Waals surface area contributed by atoms with E-state index in [4.69, 9.17) is 5.73 Å². The van der Waals surface area contributed by atoms with Gasteiger partial charge in [0.25, 0.3) is 5.56 Å². The van der Waals surface area contributed by atoms with Crippen molar-refractivity contribution in [1.29, 1.82) is 0 Å². The largest absolute Gasteiger partial charge is 0.353 e. The van der Waals surface area contributed by atoms with Crippen molar-refractivity contribution in [2.45, 2.75) is 37.8 Å². The Hall–Kier alpha value is -2.09. The van der Waals surface area contributed by atoms with E-state index < -0.39 is 0 Å². The molecule has 114 valence electrons. The molecule has 2 aromatic rings. The molecule has 1 fully saturated rings. The molecule has 8 nitrogen and oxygen atoms in total. The van der Waals surface area contributed by atoms with E-state index in [1.165, 1.54) is 11.6 Å². The number of aryl methyl sites for hydroxylation is 1. The number of aromatic nitrogens is 4. The third-order valence-electron chi connectivity index (χ3n) is 4.21. The molecule has 2 heterocycles. The smallest absolute Gasteiger partial charge is 0.332 e. The number of aromatic amines is 1. The number of rotatable bonds is 2. The standard InChI is InChI=1S/C13H20N6O2/c1-18-10-9(11(20)19(2)13(18)21)16-12(17-10)15-8-5-3-7(14)4-6-8/h7-8H,3-6,14H2,1-2H3,(H2,15,16,17). The first kappa shape index (κ1) is 13.9. The van der Waals surface area contributed by atoms with Crippen LogP contribution in [0.5, 0.6) is 0 Å². The zero-order valence-corrected chi connectivity index (χ0v) is 12.2. The summed E-state index contributed by atoms with van der Waals surface area (Å²) in [5, 5.41) is 3.30. The number of hydrogen-bond donors (Lipinski definition) is 3. The summed E-state index contributed by atoms with van der Waals surface area (Å²) in [7, 11) is 3.06. The van der Waals surface area contributed by atoms with Gasteiger partial charge in [-0.3, -0.25) is 13.9 Å². The minimum absolute atomic E-state index is 0.284. The molecule has 0 unspecified atom stereocenters. The lowest BCUT2D eigenvalue weighted by molar-refractivity contribution is 0.410. The molecule has 0 amide bonds. The van der Waals surface area contributed by atoms with Crippen LogP contribution in [-0.4, -0.2) is 31.2 Å². The molecule has 8 heteroatoms. The number of nitrogens with two attached hydrogens (primary N) is 1. The van der Waals surface area contributed by atoms with Crippen molar-refractivity contribution in [3.63, 3.8) is 0 Å². The van der Waals surface area contributed by atoms with Crippen molar-refractivity contribution in [3.8, 4) is 0 Å². The Morgan fingerprint density at radius 2 is 1.86 bits per heavy atom. The quantitative estimate of drug-likeness (QED) is 0.700. The van der Waals surface area contributed by atoms with Gasteiger partial charge in [-0.05, 0) is 25.7 Å². The molecule has 1 aliphatic carbocycles. The Bertz CT molecular complexity index is 778. The molecule has 1 aliphatic rings. The van der Waals surface area contributed by atoms with Gasteiger partial charge < -0.3 is 16.0 Å². The maximum Gasteiger partial charge on any atom is 0.332 e. The van der Waals surface area contributed by atoms with E-state index >= 15 is 0 Å². The van der Waals surface area contributed by atoms with Crippen molar-refractivity contribution >= 4 is 17.1 Å². The normalized spacial score (nSPS) is 22.6. The van der Waals surface area contributed by atoms with Crippen LogP contribution in [0.2, 0.25) is 0 Å². The summed E-state index contributed by atoms with van der Waals surface area (Å²) in [6, 6.07) is 0.582. The third kappa shape index (κ3) is 2.35. The van der Waals surface area contributed by atoms with E-state index in [9.17, 15) is 9.59 Å². The number of anilines is 1. The molecule has 0 spiro atoms. The van der Waals surface area contributed by atoms with Gasteiger partial charge >= 0.3 is 5.69 Å². The fraction of sp³-hybridized carbons (Fsp3) is 0.615. The Morgan fingerprint density at radius 1 is 1.19 bits per heavy atom. The minimum atomic E-state index is -0.380. The molecule has 4 N–H and O–H groups in total. The second kappa shape index (κ2) is 5.03. The molecule has 21 heavy (non-hydrogen) atoms. The van der Waals surface area contributed by atoms with Crippen molar-refractivity contribution in [2.24, 2.45) is 19.8 Å². The van der Waals surface area contributed by atoms with Gasteiger partial charge in [0.05, 0.1) is 0 Å². The second-order valence-electron chi connectivity index (χ2n) is 5.75. The average Bonchev–Trinajstić information content (AvgIpc) is 2.89. The van der Waals surface area contributed by atoms with Crippen LogP contribution in [-0.2, 0) is 14.1 Å². The summed E-state index contributed by atoms with van der Waals surface area (Å²) in [6.45, 7) is 0. The molecule has 1 saturated carbocycles. The van der Waals surface area contributed by atoms with Crippen LogP contribution in [0.15, 0.2) is 9.59 Å². The number of nitrogens with zero attached hydrogens (tertiary/aromatic N) is 3. The highest BCUT2D eigenvalue weighted by atomic mass is 16.2. The number of fused-ring (bicyclic) bond motifs is 1. The molecule has 0 aliphatic heterocycles. The van der Waals surface area contributed by atoms with Gasteiger partial charge in [0.15, 0.2) is 11.2 Å². The highest BCUT2D eigenvalue weighted by Crippen LogP contribution is 2.20. The first-order valence-corrected chi connectivity index (χ1v) is 7.15. The zero-order valence-electron chi connectivity index (χ0n) is 12.2. The van der Waals surface area contributed by atoms with Gasteiger partial charge in [0, 0.05) is 26.2 Å². The average molecular weight is 292 g/mol. The highest BCUT2D eigenvalue weighted by Gasteiger charge is 2.20. The van der Waals surface area contributed by atoms with Crippen LogP contribution in [0.25, 0.3) is 11.2 Å². The van der Waals surface area contributed by atoms with Crippen LogP contribution >= 0.6 is 0 Å². The third-order valence-corrected chi connectivity index (χ3v) is 4.21. The number of hydrogen-bond acceptors (Lipinski definition) is 5. The molecule has 3 rings (SSSR count). The number of imidazole rings is 1. The van der Waals surface area contributed by atoms with Crippen molar-refractivity contribution in [2.75, 3.05) is 5.32 Å². The minimum Gasteiger partial charge on any atom is -0.353 e. The summed E-state index contributed by atoms with van der Waals surface area (Å²) in [6.07, 6.45) is 3.93. The van der Waals surface area contributed by atoms with Crippen molar-refractivity contribution in [3.05, 3.63) is 20.8 Å². The molecule has 0 atom stereocenters. The van der Waals surface area contributed by atoms with Crippen LogP contribution in [0.3, 0.4) is 0 Å². The fourth-order valence-electron chi connectivity index (χ4n) is 2.85. The topological polar surface area (TPSA) is 111 Å². The summed E-state index contributed by atoms with van der Waals surface area (Å²) in [5.41, 5.74) is 5.86.